The summed E-state index contributed by atoms with van der Waals surface area (Å²) in [6.45, 7) is 0.457. The molecular weight excluding hydrogens is 208 g/mol. The van der Waals surface area contributed by atoms with Gasteiger partial charge >= 0.3 is 0 Å². The van der Waals surface area contributed by atoms with Crippen LogP contribution in [0.4, 0.5) is 0 Å². The van der Waals surface area contributed by atoms with Crippen molar-refractivity contribution in [3.8, 4) is 6.07 Å². The van der Waals surface area contributed by atoms with E-state index in [1.807, 2.05) is 6.26 Å². The number of thioether (sulfide) groups is 1. The maximum Gasteiger partial charge on any atom is 0.225 e. The van der Waals surface area contributed by atoms with Crippen LogP contribution in [0.15, 0.2) is 0 Å². The molecule has 0 bridgehead atoms. The van der Waals surface area contributed by atoms with Crippen LogP contribution < -0.4 is 4.72 Å². The lowest BCUT2D eigenvalue weighted by atomic mass is 10.4. The summed E-state index contributed by atoms with van der Waals surface area (Å²) in [5, 5.41) is 8.23. The monoisotopic (exact) mass is 220 g/mol. The van der Waals surface area contributed by atoms with Gasteiger partial charge in [0.15, 0.2) is 5.75 Å². The highest BCUT2D eigenvalue weighted by molar-refractivity contribution is 8.00. The maximum absolute atomic E-state index is 11.1. The summed E-state index contributed by atoms with van der Waals surface area (Å²) >= 11 is 1.69. The molecule has 0 aromatic heterocycles. The van der Waals surface area contributed by atoms with E-state index in [2.05, 4.69) is 4.72 Å². The smallest absolute Gasteiger partial charge is 0.213 e. The predicted octanol–water partition coefficient (Wildman–Crippen LogP) is 0.325. The molecule has 0 atom stereocenters. The van der Waals surface area contributed by atoms with Gasteiger partial charge in [-0.25, -0.2) is 13.1 Å². The zero-order chi connectivity index (χ0) is 9.95. The van der Waals surface area contributed by atoms with Crippen molar-refractivity contribution in [2.24, 2.45) is 0 Å². The van der Waals surface area contributed by atoms with E-state index in [0.29, 0.717) is 6.54 Å². The SMILES string of the molecule is CSC1(CNS(=O)(=O)CC#N)CC1. The molecule has 0 amide bonds. The quantitative estimate of drug-likeness (QED) is 0.724. The summed E-state index contributed by atoms with van der Waals surface area (Å²) in [6, 6.07) is 1.63. The van der Waals surface area contributed by atoms with Crippen LogP contribution >= 0.6 is 11.8 Å². The molecule has 1 aliphatic rings. The number of nitriles is 1. The molecule has 6 heteroatoms. The van der Waals surface area contributed by atoms with E-state index in [1.165, 1.54) is 0 Å². The van der Waals surface area contributed by atoms with Crippen molar-refractivity contribution >= 4 is 21.8 Å². The van der Waals surface area contributed by atoms with Crippen LogP contribution in [-0.4, -0.2) is 31.7 Å². The summed E-state index contributed by atoms with van der Waals surface area (Å²) in [7, 11) is -3.36. The molecule has 1 fully saturated rings. The zero-order valence-electron chi connectivity index (χ0n) is 7.41. The number of hydrogen-bond acceptors (Lipinski definition) is 4. The minimum Gasteiger partial charge on any atom is -0.213 e. The molecular formula is C7H12N2O2S2. The third-order valence-electron chi connectivity index (χ3n) is 2.11. The third-order valence-corrected chi connectivity index (χ3v) is 4.62. The second-order valence-electron chi connectivity index (χ2n) is 3.13. The van der Waals surface area contributed by atoms with E-state index in [9.17, 15) is 8.42 Å². The van der Waals surface area contributed by atoms with Gasteiger partial charge in [0.2, 0.25) is 10.0 Å². The van der Waals surface area contributed by atoms with E-state index in [1.54, 1.807) is 17.8 Å². The summed E-state index contributed by atoms with van der Waals surface area (Å²) in [6.07, 6.45) is 4.10. The van der Waals surface area contributed by atoms with Crippen molar-refractivity contribution in [3.63, 3.8) is 0 Å². The second kappa shape index (κ2) is 3.86. The van der Waals surface area contributed by atoms with Crippen molar-refractivity contribution in [1.82, 2.24) is 4.72 Å². The molecule has 0 aromatic rings. The molecule has 0 spiro atoms. The van der Waals surface area contributed by atoms with Gasteiger partial charge in [0.25, 0.3) is 0 Å². The Morgan fingerprint density at radius 1 is 1.62 bits per heavy atom. The Morgan fingerprint density at radius 3 is 2.62 bits per heavy atom. The number of nitrogens with zero attached hydrogens (tertiary/aromatic N) is 1. The van der Waals surface area contributed by atoms with Gasteiger partial charge in [-0.2, -0.15) is 17.0 Å². The summed E-state index contributed by atoms with van der Waals surface area (Å²) < 4.78 is 24.7. The standard InChI is InChI=1S/C7H12N2O2S2/c1-12-7(2-3-7)6-9-13(10,11)5-4-8/h9H,2-3,5-6H2,1H3. The molecule has 0 saturated heterocycles. The van der Waals surface area contributed by atoms with Crippen LogP contribution in [0.3, 0.4) is 0 Å². The lowest BCUT2D eigenvalue weighted by Crippen LogP contribution is -2.33. The van der Waals surface area contributed by atoms with Gasteiger partial charge in [-0.15, -0.1) is 0 Å². The van der Waals surface area contributed by atoms with Gasteiger partial charge in [-0.1, -0.05) is 0 Å². The van der Waals surface area contributed by atoms with Crippen LogP contribution in [0.2, 0.25) is 0 Å². The van der Waals surface area contributed by atoms with E-state index >= 15 is 0 Å². The molecule has 0 unspecified atom stereocenters. The summed E-state index contributed by atoms with van der Waals surface area (Å²) in [4.78, 5) is 0. The normalized spacial score (nSPS) is 19.4. The Morgan fingerprint density at radius 2 is 2.23 bits per heavy atom. The van der Waals surface area contributed by atoms with Crippen LogP contribution in [0.5, 0.6) is 0 Å². The van der Waals surface area contributed by atoms with E-state index in [0.717, 1.165) is 12.8 Å². The van der Waals surface area contributed by atoms with Gasteiger partial charge in [0, 0.05) is 11.3 Å². The fraction of sp³-hybridized carbons (Fsp3) is 0.857. The highest BCUT2D eigenvalue weighted by Crippen LogP contribution is 2.46. The van der Waals surface area contributed by atoms with Gasteiger partial charge in [-0.05, 0) is 19.1 Å². The first-order valence-electron chi connectivity index (χ1n) is 3.93. The highest BCUT2D eigenvalue weighted by Gasteiger charge is 2.42. The van der Waals surface area contributed by atoms with Crippen LogP contribution in [-0.2, 0) is 10.0 Å². The Labute approximate surface area is 82.7 Å². The highest BCUT2D eigenvalue weighted by atomic mass is 32.2. The molecule has 1 saturated carbocycles. The molecule has 1 aliphatic carbocycles. The van der Waals surface area contributed by atoms with Crippen molar-refractivity contribution in [2.75, 3.05) is 18.6 Å². The van der Waals surface area contributed by atoms with Crippen molar-refractivity contribution in [1.29, 1.82) is 5.26 Å². The summed E-state index contributed by atoms with van der Waals surface area (Å²) in [5.74, 6) is -0.447. The van der Waals surface area contributed by atoms with Crippen molar-refractivity contribution in [2.45, 2.75) is 17.6 Å². The molecule has 0 radical (unpaired) electrons. The molecule has 1 N–H and O–H groups in total. The average Bonchev–Trinajstić information content (AvgIpc) is 2.82. The number of hydrogen-bond donors (Lipinski definition) is 1. The molecule has 13 heavy (non-hydrogen) atoms. The maximum atomic E-state index is 11.1. The lowest BCUT2D eigenvalue weighted by molar-refractivity contribution is 0.583. The first-order valence-corrected chi connectivity index (χ1v) is 6.81. The molecule has 74 valence electrons. The molecule has 0 heterocycles. The van der Waals surface area contributed by atoms with Gasteiger partial charge in [0.05, 0.1) is 6.07 Å². The van der Waals surface area contributed by atoms with Crippen LogP contribution in [0.1, 0.15) is 12.8 Å². The average molecular weight is 220 g/mol. The Bertz CT molecular complexity index is 314. The fourth-order valence-corrected chi connectivity index (χ4v) is 2.56. The number of sulfonamides is 1. The first-order chi connectivity index (χ1) is 6.04. The molecule has 0 aromatic carbocycles. The third kappa shape index (κ3) is 3.18. The van der Waals surface area contributed by atoms with E-state index in [4.69, 9.17) is 5.26 Å². The minimum absolute atomic E-state index is 0.114. The Balaban J connectivity index is 2.39. The van der Waals surface area contributed by atoms with Crippen molar-refractivity contribution < 1.29 is 8.42 Å². The number of nitrogens with one attached hydrogen (secondary N) is 1. The zero-order valence-corrected chi connectivity index (χ0v) is 9.04. The first kappa shape index (κ1) is 10.8. The molecule has 0 aliphatic heterocycles. The largest absolute Gasteiger partial charge is 0.225 e. The van der Waals surface area contributed by atoms with Gasteiger partial charge in [0.1, 0.15) is 0 Å². The lowest BCUT2D eigenvalue weighted by Gasteiger charge is -2.11. The van der Waals surface area contributed by atoms with E-state index < -0.39 is 15.8 Å². The van der Waals surface area contributed by atoms with E-state index in [-0.39, 0.29) is 4.75 Å². The Hall–Kier alpha value is -0.250. The van der Waals surface area contributed by atoms with Gasteiger partial charge in [-0.3, -0.25) is 0 Å². The predicted molar refractivity (Wildman–Crippen MR) is 52.9 cm³/mol. The van der Waals surface area contributed by atoms with Gasteiger partial charge < -0.3 is 0 Å². The minimum atomic E-state index is -3.36. The summed E-state index contributed by atoms with van der Waals surface area (Å²) in [5.41, 5.74) is 0. The number of rotatable bonds is 5. The Kier molecular flexibility index (Phi) is 3.22. The molecule has 4 nitrogen and oxygen atoms in total. The molecule has 1 rings (SSSR count). The second-order valence-corrected chi connectivity index (χ2v) is 6.21. The fourth-order valence-electron chi connectivity index (χ4n) is 0.970. The topological polar surface area (TPSA) is 70.0 Å². The van der Waals surface area contributed by atoms with Crippen LogP contribution in [0, 0.1) is 11.3 Å². The van der Waals surface area contributed by atoms with Crippen molar-refractivity contribution in [3.05, 3.63) is 0 Å². The van der Waals surface area contributed by atoms with Crippen LogP contribution in [0.25, 0.3) is 0 Å².